The van der Waals surface area contributed by atoms with Crippen LogP contribution in [0.25, 0.3) is 0 Å². The second-order valence-corrected chi connectivity index (χ2v) is 14.8. The fourth-order valence-corrected chi connectivity index (χ4v) is 5.53. The van der Waals surface area contributed by atoms with Crippen LogP contribution >= 0.6 is 0 Å². The molecule has 6 N–H and O–H groups in total. The Kier molecular flexibility index (Phi) is 104. The number of aliphatic hydroxyl groups is 3. The van der Waals surface area contributed by atoms with Crippen LogP contribution in [0.3, 0.4) is 0 Å². The number of hydrogen-bond donors (Lipinski definition) is 6. The quantitative estimate of drug-likeness (QED) is 0.0544. The number of hydrogen-bond acceptors (Lipinski definition) is 9. The number of nitrogens with one attached hydrogen (secondary N) is 3. The summed E-state index contributed by atoms with van der Waals surface area (Å²) in [4.78, 5) is 48.0. The Morgan fingerprint density at radius 1 is 0.365 bits per heavy atom. The Morgan fingerprint density at radius 3 is 0.941 bits per heavy atom. The molecule has 3 radical (unpaired) electrons. The first-order chi connectivity index (χ1) is 37.7. The van der Waals surface area contributed by atoms with Crippen LogP contribution in [0.5, 0.6) is 0 Å². The van der Waals surface area contributed by atoms with Gasteiger partial charge in [-0.3, -0.25) is 24.4 Å². The van der Waals surface area contributed by atoms with Crippen molar-refractivity contribution in [3.8, 4) is 0 Å². The second kappa shape index (κ2) is 78.7. The Labute approximate surface area is 599 Å². The van der Waals surface area contributed by atoms with Crippen LogP contribution < -0.4 is 16.0 Å². The van der Waals surface area contributed by atoms with E-state index in [9.17, 15) is 29.7 Å². The zero-order valence-corrected chi connectivity index (χ0v) is 65.5. The van der Waals surface area contributed by atoms with Gasteiger partial charge in [-0.2, -0.15) is 0 Å². The van der Waals surface area contributed by atoms with E-state index < -0.39 is 34.5 Å². The Morgan fingerprint density at radius 2 is 0.659 bits per heavy atom. The molecule has 0 unspecified atom stereocenters. The van der Waals surface area contributed by atoms with E-state index in [1.165, 1.54) is 20.8 Å². The van der Waals surface area contributed by atoms with Crippen LogP contribution in [0.15, 0.2) is 164 Å². The summed E-state index contributed by atoms with van der Waals surface area (Å²) < 4.78 is 0. The minimum Gasteiger partial charge on any atom is -0.380 e. The van der Waals surface area contributed by atoms with Crippen molar-refractivity contribution in [3.05, 3.63) is 203 Å². The van der Waals surface area contributed by atoms with Crippen LogP contribution in [0.4, 0.5) is 17.2 Å². The first-order valence-electron chi connectivity index (χ1n) is 28.7. The van der Waals surface area contributed by atoms with Crippen molar-refractivity contribution in [3.63, 3.8) is 0 Å². The molecule has 0 spiro atoms. The van der Waals surface area contributed by atoms with E-state index in [0.29, 0.717) is 55.7 Å². The van der Waals surface area contributed by atoms with Gasteiger partial charge in [0, 0.05) is 129 Å². The molecule has 0 aliphatic rings. The maximum absolute atomic E-state index is 12.1. The summed E-state index contributed by atoms with van der Waals surface area (Å²) in [5.41, 5.74) is 0.269. The number of nitrogens with zero attached hydrogens (tertiary/aromatic N) is 3. The van der Waals surface area contributed by atoms with Crippen molar-refractivity contribution < 1.29 is 128 Å². The van der Waals surface area contributed by atoms with Gasteiger partial charge >= 0.3 is 0 Å². The normalized spacial score (nSPS) is 10.2. The molecule has 85 heavy (non-hydrogen) atoms. The molecule has 12 nitrogen and oxygen atoms in total. The predicted molar refractivity (Wildman–Crippen MR) is 363 cm³/mol. The Bertz CT molecular complexity index is 1930. The first kappa shape index (κ1) is 113. The van der Waals surface area contributed by atoms with Crippen LogP contribution in [0, 0.1) is 22.3 Å². The summed E-state index contributed by atoms with van der Waals surface area (Å²) in [5, 5.41) is 38.8. The summed E-state index contributed by atoms with van der Waals surface area (Å²) in [6, 6.07) is 41.4. The number of aryl methyl sites for hydroxylation is 3. The van der Waals surface area contributed by atoms with Gasteiger partial charge in [-0.15, -0.1) is 0 Å². The van der Waals surface area contributed by atoms with Gasteiger partial charge in [-0.1, -0.05) is 229 Å². The Balaban J connectivity index is -0.0000000705. The van der Waals surface area contributed by atoms with Crippen LogP contribution in [0.1, 0.15) is 189 Å². The summed E-state index contributed by atoms with van der Waals surface area (Å²) in [6.45, 7) is 40.6. The smallest absolute Gasteiger partial charge is 0.257 e. The van der Waals surface area contributed by atoms with Gasteiger partial charge < -0.3 is 53.5 Å². The molecule has 3 heterocycles. The third kappa shape index (κ3) is 58.2. The van der Waals surface area contributed by atoms with Crippen LogP contribution in [-0.4, -0.2) is 64.8 Å². The predicted octanol–water partition coefficient (Wildman–Crippen LogP) is 18.4. The standard InChI is InChI=1S/3C16H18N2O2.9C2H6.CH4.3CH3.3Y/c1-16(20,11-10-13-7-3-2-4-8-13)15(19)18-14-9-5-6-12-17-14;1-16(20,10-9-13-6-3-2-4-7-13)15(19)18-14-8-5-11-17-12-14;1-16(20,10-7-13-5-3-2-4-6-13)15(19)18-14-8-11-17-12-9-14;9*1-2;;;;;;;/h2-9,12,20H,10-11H2,1H3,(H,17,18,19);2-8,11-12,20H,9-10H2,1H3,(H,18,19);2-6,8-9,11-12,20H,7,10H2,1H3,(H,17,18,19);9*1-2H3;1H4;3*1H3;;;/q;;;;;;;;;;;;;3*-1;;;/t3*16-;;;;;;;;;;;;;;;;/m000................/s1. The fraction of sp³-hybridized carbons (Fsp3) is 0.443. The molecule has 3 atom stereocenters. The summed E-state index contributed by atoms with van der Waals surface area (Å²) in [7, 11) is 0. The molecular formula is C70H121N6O6Y3-3. The van der Waals surface area contributed by atoms with Gasteiger partial charge in [0.1, 0.15) is 22.6 Å². The van der Waals surface area contributed by atoms with Gasteiger partial charge in [-0.25, -0.2) is 4.98 Å². The van der Waals surface area contributed by atoms with E-state index in [0.717, 1.165) is 16.7 Å². The van der Waals surface area contributed by atoms with Gasteiger partial charge in [-0.05, 0) is 112 Å². The average molecular weight is 1410 g/mol. The molecule has 3 aromatic carbocycles. The maximum Gasteiger partial charge on any atom is 0.257 e. The monoisotopic (exact) mass is 1410 g/mol. The minimum absolute atomic E-state index is 0. The molecule has 6 rings (SSSR count). The number of pyridine rings is 3. The van der Waals surface area contributed by atoms with E-state index in [1.54, 1.807) is 73.4 Å². The SMILES string of the molecule is C.CC.CC.CC.CC.CC.CC.CC.CC.CC.C[C@](O)(CCc1ccccc1)C(=O)Nc1ccccn1.C[C@](O)(CCc1ccccc1)C(=O)Nc1cccnc1.C[C@](O)(CCc1ccccc1)C(=O)Nc1ccncc1.[CH3-].[CH3-].[CH3-].[Y].[Y].[Y]. The summed E-state index contributed by atoms with van der Waals surface area (Å²) >= 11 is 0. The van der Waals surface area contributed by atoms with E-state index >= 15 is 0 Å². The molecule has 479 valence electrons. The van der Waals surface area contributed by atoms with Crippen LogP contribution in [0.2, 0.25) is 0 Å². The molecule has 0 saturated heterocycles. The van der Waals surface area contributed by atoms with Gasteiger partial charge in [0.15, 0.2) is 0 Å². The molecule has 0 fully saturated rings. The van der Waals surface area contributed by atoms with E-state index in [4.69, 9.17) is 0 Å². The molecule has 0 saturated carbocycles. The first-order valence-corrected chi connectivity index (χ1v) is 28.7. The fourth-order valence-electron chi connectivity index (χ4n) is 5.53. The van der Waals surface area contributed by atoms with Crippen LogP contribution in [-0.2, 0) is 132 Å². The van der Waals surface area contributed by atoms with Crippen molar-refractivity contribution in [1.29, 1.82) is 0 Å². The maximum atomic E-state index is 12.1. The van der Waals surface area contributed by atoms with E-state index in [-0.39, 0.29) is 128 Å². The van der Waals surface area contributed by atoms with Gasteiger partial charge in [0.25, 0.3) is 17.7 Å². The average Bonchev–Trinajstić information content (AvgIpc) is 3.52. The zero-order chi connectivity index (χ0) is 61.3. The number of rotatable bonds is 15. The number of aromatic nitrogens is 3. The number of carbonyl (C=O) groups excluding carboxylic acids is 3. The topological polar surface area (TPSA) is 187 Å². The van der Waals surface area contributed by atoms with E-state index in [1.807, 2.05) is 216 Å². The number of benzene rings is 3. The molecule has 15 heteroatoms. The number of anilines is 3. The molecular weight excluding hydrogens is 1290 g/mol. The Hall–Kier alpha value is -3.29. The molecule has 0 aliphatic carbocycles. The second-order valence-electron chi connectivity index (χ2n) is 14.8. The third-order valence-electron chi connectivity index (χ3n) is 9.46. The number of carbonyl (C=O) groups is 3. The van der Waals surface area contributed by atoms with E-state index in [2.05, 4.69) is 30.9 Å². The van der Waals surface area contributed by atoms with Crippen molar-refractivity contribution in [2.24, 2.45) is 0 Å². The molecule has 6 aromatic rings. The molecule has 0 bridgehead atoms. The largest absolute Gasteiger partial charge is 0.380 e. The zero-order valence-electron chi connectivity index (χ0n) is 57.0. The minimum atomic E-state index is -1.42. The third-order valence-corrected chi connectivity index (χ3v) is 9.46. The van der Waals surface area contributed by atoms with Crippen molar-refractivity contribution >= 4 is 34.9 Å². The number of amides is 3. The van der Waals surface area contributed by atoms with Crippen molar-refractivity contribution in [1.82, 2.24) is 15.0 Å². The summed E-state index contributed by atoms with van der Waals surface area (Å²) in [5.74, 6) is -0.814. The van der Waals surface area contributed by atoms with Gasteiger partial charge in [0.05, 0.1) is 11.9 Å². The molecule has 3 amide bonds. The molecule has 0 aliphatic heterocycles. The summed E-state index contributed by atoms with van der Waals surface area (Å²) in [6.07, 6.45) is 11.0. The van der Waals surface area contributed by atoms with Gasteiger partial charge in [0.2, 0.25) is 0 Å². The molecule has 3 aromatic heterocycles. The van der Waals surface area contributed by atoms with Crippen molar-refractivity contribution in [2.45, 2.75) is 208 Å². The van der Waals surface area contributed by atoms with Crippen molar-refractivity contribution in [2.75, 3.05) is 16.0 Å².